The first-order valence-corrected chi connectivity index (χ1v) is 8.44. The highest BCUT2D eigenvalue weighted by atomic mass is 19.1. The van der Waals surface area contributed by atoms with Gasteiger partial charge in [0, 0.05) is 17.7 Å². The fraction of sp³-hybridized carbons (Fsp3) is 0.136. The van der Waals surface area contributed by atoms with Crippen molar-refractivity contribution < 1.29 is 9.18 Å². The summed E-state index contributed by atoms with van der Waals surface area (Å²) in [5, 5.41) is 0. The van der Waals surface area contributed by atoms with E-state index < -0.39 is 6.04 Å². The number of fused-ring (bicyclic) bond motifs is 1. The fourth-order valence-corrected chi connectivity index (χ4v) is 3.56. The molecule has 0 spiro atoms. The van der Waals surface area contributed by atoms with Gasteiger partial charge >= 0.3 is 0 Å². The van der Waals surface area contributed by atoms with E-state index in [1.54, 1.807) is 29.2 Å². The number of benzene rings is 3. The van der Waals surface area contributed by atoms with Crippen molar-refractivity contribution in [3.63, 3.8) is 0 Å². The standard InChI is InChI=1S/C22H18FNO/c23-20-13-7-6-12-19(20)21-18-11-5-4-8-16(18)14-15-24(21)22(25)17-9-2-1-3-10-17/h1-13,21H,14-15H2. The van der Waals surface area contributed by atoms with Gasteiger partial charge in [-0.25, -0.2) is 4.39 Å². The van der Waals surface area contributed by atoms with Crippen LogP contribution in [0.1, 0.15) is 33.1 Å². The summed E-state index contributed by atoms with van der Waals surface area (Å²) in [5.74, 6) is -0.349. The van der Waals surface area contributed by atoms with Gasteiger partial charge in [0.05, 0.1) is 6.04 Å². The molecular formula is C22H18FNO. The van der Waals surface area contributed by atoms with Crippen LogP contribution >= 0.6 is 0 Å². The number of hydrogen-bond acceptors (Lipinski definition) is 1. The highest BCUT2D eigenvalue weighted by Gasteiger charge is 2.33. The summed E-state index contributed by atoms with van der Waals surface area (Å²) < 4.78 is 14.6. The molecule has 3 aromatic rings. The second-order valence-electron chi connectivity index (χ2n) is 6.24. The third kappa shape index (κ3) is 2.82. The molecule has 0 bridgehead atoms. The monoisotopic (exact) mass is 331 g/mol. The number of amides is 1. The van der Waals surface area contributed by atoms with Crippen LogP contribution in [0.25, 0.3) is 0 Å². The van der Waals surface area contributed by atoms with E-state index in [-0.39, 0.29) is 11.7 Å². The third-order valence-electron chi connectivity index (χ3n) is 4.76. The maximum atomic E-state index is 14.6. The van der Waals surface area contributed by atoms with Gasteiger partial charge in [-0.3, -0.25) is 4.79 Å². The molecule has 1 amide bonds. The molecular weight excluding hydrogens is 313 g/mol. The van der Waals surface area contributed by atoms with Crippen LogP contribution in [-0.2, 0) is 6.42 Å². The van der Waals surface area contributed by atoms with Crippen molar-refractivity contribution in [2.24, 2.45) is 0 Å². The van der Waals surface area contributed by atoms with Gasteiger partial charge in [-0.1, -0.05) is 60.7 Å². The van der Waals surface area contributed by atoms with E-state index in [4.69, 9.17) is 0 Å². The fourth-order valence-electron chi connectivity index (χ4n) is 3.56. The SMILES string of the molecule is O=C(c1ccccc1)N1CCc2ccccc2C1c1ccccc1F. The second-order valence-corrected chi connectivity index (χ2v) is 6.24. The molecule has 124 valence electrons. The topological polar surface area (TPSA) is 20.3 Å². The molecule has 3 aromatic carbocycles. The molecule has 0 fully saturated rings. The lowest BCUT2D eigenvalue weighted by atomic mass is 9.87. The molecule has 1 atom stereocenters. The largest absolute Gasteiger partial charge is 0.327 e. The molecule has 0 radical (unpaired) electrons. The van der Waals surface area contributed by atoms with E-state index in [0.717, 1.165) is 12.0 Å². The Morgan fingerprint density at radius 1 is 0.840 bits per heavy atom. The summed E-state index contributed by atoms with van der Waals surface area (Å²) in [6, 6.07) is 23.5. The summed E-state index contributed by atoms with van der Waals surface area (Å²) in [6.45, 7) is 0.573. The van der Waals surface area contributed by atoms with Gasteiger partial charge in [-0.15, -0.1) is 0 Å². The van der Waals surface area contributed by atoms with Crippen molar-refractivity contribution in [2.45, 2.75) is 12.5 Å². The second kappa shape index (κ2) is 6.52. The molecule has 1 aliphatic rings. The van der Waals surface area contributed by atoms with Gasteiger partial charge < -0.3 is 4.90 Å². The van der Waals surface area contributed by atoms with Crippen LogP contribution in [0.5, 0.6) is 0 Å². The van der Waals surface area contributed by atoms with Crippen molar-refractivity contribution in [2.75, 3.05) is 6.54 Å². The lowest BCUT2D eigenvalue weighted by Gasteiger charge is -2.38. The number of nitrogens with zero attached hydrogens (tertiary/aromatic N) is 1. The zero-order valence-corrected chi connectivity index (χ0v) is 13.7. The van der Waals surface area contributed by atoms with E-state index in [0.29, 0.717) is 17.7 Å². The Hall–Kier alpha value is -2.94. The molecule has 0 aromatic heterocycles. The highest BCUT2D eigenvalue weighted by molar-refractivity contribution is 5.95. The predicted octanol–water partition coefficient (Wildman–Crippen LogP) is 4.61. The molecule has 0 aliphatic carbocycles. The Morgan fingerprint density at radius 2 is 1.48 bits per heavy atom. The summed E-state index contributed by atoms with van der Waals surface area (Å²) in [5.41, 5.74) is 3.35. The van der Waals surface area contributed by atoms with Gasteiger partial charge in [0.15, 0.2) is 0 Å². The summed E-state index contributed by atoms with van der Waals surface area (Å²) in [6.07, 6.45) is 0.777. The summed E-state index contributed by atoms with van der Waals surface area (Å²) >= 11 is 0. The van der Waals surface area contributed by atoms with E-state index >= 15 is 0 Å². The van der Waals surface area contributed by atoms with Crippen molar-refractivity contribution in [1.82, 2.24) is 4.90 Å². The minimum atomic E-state index is -0.404. The highest BCUT2D eigenvalue weighted by Crippen LogP contribution is 2.37. The van der Waals surface area contributed by atoms with Crippen LogP contribution < -0.4 is 0 Å². The van der Waals surface area contributed by atoms with Crippen molar-refractivity contribution in [3.8, 4) is 0 Å². The van der Waals surface area contributed by atoms with Crippen LogP contribution in [-0.4, -0.2) is 17.4 Å². The Balaban J connectivity index is 1.84. The molecule has 0 saturated heterocycles. The first-order valence-electron chi connectivity index (χ1n) is 8.44. The van der Waals surface area contributed by atoms with Crippen molar-refractivity contribution >= 4 is 5.91 Å². The number of hydrogen-bond donors (Lipinski definition) is 0. The first-order chi connectivity index (χ1) is 12.3. The average Bonchev–Trinajstić information content (AvgIpc) is 2.68. The molecule has 0 N–H and O–H groups in total. The maximum absolute atomic E-state index is 14.6. The van der Waals surface area contributed by atoms with Gasteiger partial charge in [0.25, 0.3) is 5.91 Å². The molecule has 4 rings (SSSR count). The van der Waals surface area contributed by atoms with Gasteiger partial charge in [0.2, 0.25) is 0 Å². The normalized spacial score (nSPS) is 16.4. The molecule has 0 saturated carbocycles. The summed E-state index contributed by atoms with van der Waals surface area (Å²) in [7, 11) is 0. The third-order valence-corrected chi connectivity index (χ3v) is 4.76. The van der Waals surface area contributed by atoms with E-state index in [1.165, 1.54) is 11.6 Å². The first kappa shape index (κ1) is 15.6. The van der Waals surface area contributed by atoms with Crippen LogP contribution in [0.2, 0.25) is 0 Å². The molecule has 2 nitrogen and oxygen atoms in total. The maximum Gasteiger partial charge on any atom is 0.254 e. The Kier molecular flexibility index (Phi) is 4.06. The minimum Gasteiger partial charge on any atom is -0.327 e. The van der Waals surface area contributed by atoms with Crippen LogP contribution in [0.15, 0.2) is 78.9 Å². The lowest BCUT2D eigenvalue weighted by Crippen LogP contribution is -2.41. The Morgan fingerprint density at radius 3 is 2.24 bits per heavy atom. The van der Waals surface area contributed by atoms with Crippen molar-refractivity contribution in [3.05, 3.63) is 107 Å². The number of rotatable bonds is 2. The lowest BCUT2D eigenvalue weighted by molar-refractivity contribution is 0.0692. The van der Waals surface area contributed by atoms with Gasteiger partial charge in [0.1, 0.15) is 5.82 Å². The van der Waals surface area contributed by atoms with E-state index in [2.05, 4.69) is 6.07 Å². The summed E-state index contributed by atoms with van der Waals surface area (Å²) in [4.78, 5) is 14.9. The molecule has 1 heterocycles. The van der Waals surface area contributed by atoms with E-state index in [1.807, 2.05) is 42.5 Å². The zero-order valence-electron chi connectivity index (χ0n) is 13.7. The van der Waals surface area contributed by atoms with Crippen LogP contribution in [0.4, 0.5) is 4.39 Å². The Bertz CT molecular complexity index is 907. The minimum absolute atomic E-state index is 0.0663. The zero-order chi connectivity index (χ0) is 17.2. The van der Waals surface area contributed by atoms with Gasteiger partial charge in [-0.2, -0.15) is 0 Å². The smallest absolute Gasteiger partial charge is 0.254 e. The molecule has 25 heavy (non-hydrogen) atoms. The number of carbonyl (C=O) groups excluding carboxylic acids is 1. The Labute approximate surface area is 146 Å². The van der Waals surface area contributed by atoms with Crippen LogP contribution in [0.3, 0.4) is 0 Å². The van der Waals surface area contributed by atoms with Crippen molar-refractivity contribution in [1.29, 1.82) is 0 Å². The van der Waals surface area contributed by atoms with Gasteiger partial charge in [-0.05, 0) is 35.7 Å². The predicted molar refractivity (Wildman–Crippen MR) is 95.9 cm³/mol. The number of halogens is 1. The average molecular weight is 331 g/mol. The quantitative estimate of drug-likeness (QED) is 0.671. The van der Waals surface area contributed by atoms with Crippen LogP contribution in [0, 0.1) is 5.82 Å². The molecule has 1 aliphatic heterocycles. The molecule has 3 heteroatoms. The number of carbonyl (C=O) groups is 1. The molecule has 1 unspecified atom stereocenters. The van der Waals surface area contributed by atoms with E-state index in [9.17, 15) is 9.18 Å².